The molecule has 12 rings (SSSR count). The maximum absolute atomic E-state index is 13.0. The van der Waals surface area contributed by atoms with Crippen LogP contribution in [0.15, 0.2) is 30.3 Å². The highest BCUT2D eigenvalue weighted by Crippen LogP contribution is 2.62. The van der Waals surface area contributed by atoms with Crippen LogP contribution < -0.4 is 16.8 Å². The first kappa shape index (κ1) is 110. The third-order valence-electron chi connectivity index (χ3n) is 23.0. The summed E-state index contributed by atoms with van der Waals surface area (Å²) in [4.78, 5) is 152. The van der Waals surface area contributed by atoms with E-state index in [1.807, 2.05) is 0 Å². The van der Waals surface area contributed by atoms with E-state index in [9.17, 15) is 82.1 Å². The molecule has 51 nitrogen and oxygen atoms in total. The van der Waals surface area contributed by atoms with E-state index in [1.165, 1.54) is 130 Å². The smallest absolute Gasteiger partial charge is 0.462 e. The van der Waals surface area contributed by atoms with Crippen molar-refractivity contribution >= 4 is 107 Å². The molecule has 6 saturated heterocycles. The summed E-state index contributed by atoms with van der Waals surface area (Å²) < 4.78 is 141. The monoisotopic (exact) mass is 1960 g/mol. The molecule has 0 spiro atoms. The van der Waals surface area contributed by atoms with Gasteiger partial charge in [0.2, 0.25) is 12.6 Å². The fourth-order valence-corrected chi connectivity index (χ4v) is 19.6. The predicted molar refractivity (Wildman–Crippen MR) is 460 cm³/mol. The number of hydrogen-bond donors (Lipinski definition) is 12. The first-order chi connectivity index (χ1) is 62.3. The number of phosphoric ester groups is 3. The number of phosphoric acid groups is 3. The Kier molecular flexibility index (Phi) is 42.8. The Bertz CT molecular complexity index is 4590. The number of aliphatic imine (C=N–C) groups is 1. The summed E-state index contributed by atoms with van der Waals surface area (Å²) in [5.41, 5.74) is 12.5. The quantitative estimate of drug-likeness (QED) is 0.0117. The van der Waals surface area contributed by atoms with Crippen LogP contribution in [0, 0.1) is 23.7 Å². The van der Waals surface area contributed by atoms with Crippen molar-refractivity contribution in [3.8, 4) is 0 Å². The van der Waals surface area contributed by atoms with Crippen molar-refractivity contribution in [3.05, 3.63) is 25.3 Å². The maximum atomic E-state index is 13.0. The minimum Gasteiger partial charge on any atom is -0.462 e. The number of guanidine groups is 1. The zero-order chi connectivity index (χ0) is 97.3. The molecular formula is C77H129N15O36P4. The van der Waals surface area contributed by atoms with Crippen LogP contribution in [0.1, 0.15) is 167 Å². The molecule has 4 aromatic heterocycles. The van der Waals surface area contributed by atoms with Crippen molar-refractivity contribution in [1.29, 1.82) is 0 Å². The summed E-state index contributed by atoms with van der Waals surface area (Å²) in [6.45, 7) is 26.1. The third-order valence-corrected chi connectivity index (χ3v) is 27.7. The normalized spacial score (nSPS) is 29.3. The van der Waals surface area contributed by atoms with Crippen LogP contribution in [-0.2, 0) is 126 Å². The predicted octanol–water partition coefficient (Wildman–Crippen LogP) is 2.98. The number of ether oxygens (including phenoxy) is 12. The zero-order valence-electron chi connectivity index (χ0n) is 76.0. The topological polar surface area (TPSA) is 683 Å². The largest absolute Gasteiger partial charge is 0.483 e. The number of aliphatic hydroxyl groups is 4. The average molecular weight is 1960 g/mol. The van der Waals surface area contributed by atoms with Gasteiger partial charge in [0.25, 0.3) is 0 Å². The van der Waals surface area contributed by atoms with Crippen molar-refractivity contribution in [1.82, 2.24) is 58.8 Å². The summed E-state index contributed by atoms with van der Waals surface area (Å²) in [7, 11) is -20.2. The summed E-state index contributed by atoms with van der Waals surface area (Å²) in [5, 5.41) is 45.6. The van der Waals surface area contributed by atoms with E-state index in [-0.39, 0.29) is 49.1 Å². The lowest BCUT2D eigenvalue weighted by molar-refractivity contribution is -0.271. The number of nitrogens with two attached hydrogens (primary N) is 2. The molecule has 10 heterocycles. The van der Waals surface area contributed by atoms with Crippen molar-refractivity contribution in [3.63, 3.8) is 0 Å². The van der Waals surface area contributed by atoms with Gasteiger partial charge in [-0.2, -0.15) is 4.31 Å². The first-order valence-electron chi connectivity index (χ1n) is 43.6. The van der Waals surface area contributed by atoms with Gasteiger partial charge >= 0.3 is 67.0 Å². The van der Waals surface area contributed by atoms with Gasteiger partial charge in [0, 0.05) is 85.6 Å². The minimum absolute atomic E-state index is 0.0363. The summed E-state index contributed by atoms with van der Waals surface area (Å²) >= 11 is 0. The van der Waals surface area contributed by atoms with E-state index in [0.29, 0.717) is 36.5 Å². The van der Waals surface area contributed by atoms with Gasteiger partial charge in [-0.3, -0.25) is 56.0 Å². The van der Waals surface area contributed by atoms with E-state index in [0.717, 1.165) is 67.2 Å². The number of rotatable bonds is 30. The van der Waals surface area contributed by atoms with E-state index in [1.54, 1.807) is 27.7 Å². The van der Waals surface area contributed by atoms with E-state index >= 15 is 0 Å². The molecule has 0 amide bonds. The second-order valence-corrected chi connectivity index (χ2v) is 38.5. The van der Waals surface area contributed by atoms with Crippen LogP contribution in [0.5, 0.6) is 0 Å². The van der Waals surface area contributed by atoms with Crippen LogP contribution in [0.4, 0.5) is 11.6 Å². The van der Waals surface area contributed by atoms with Gasteiger partial charge in [0.05, 0.1) is 58.3 Å². The van der Waals surface area contributed by atoms with E-state index < -0.39 is 202 Å². The van der Waals surface area contributed by atoms with Gasteiger partial charge in [-0.05, 0) is 57.2 Å². The number of nitrogens with one attached hydrogen (secondary N) is 1. The molecule has 0 aromatic carbocycles. The average Bonchev–Trinajstić information content (AvgIpc) is 1.57. The number of carbonyl (C=O) groups is 6. The van der Waals surface area contributed by atoms with Crippen LogP contribution in [0.2, 0.25) is 0 Å². The Morgan fingerprint density at radius 3 is 1.34 bits per heavy atom. The molecule has 2 aliphatic carbocycles. The van der Waals surface area contributed by atoms with E-state index in [2.05, 4.69) is 74.6 Å². The highest BCUT2D eigenvalue weighted by Gasteiger charge is 2.54. The zero-order valence-corrected chi connectivity index (χ0v) is 79.6. The molecule has 6 aliphatic heterocycles. The highest BCUT2D eigenvalue weighted by molar-refractivity contribution is 7.61. The molecule has 14 N–H and O–H groups in total. The van der Waals surface area contributed by atoms with E-state index in [4.69, 9.17) is 96.7 Å². The molecule has 55 heteroatoms. The Morgan fingerprint density at radius 1 is 0.523 bits per heavy atom. The fraction of sp³-hybridized carbons (Fsp3) is 0.779. The van der Waals surface area contributed by atoms with Gasteiger partial charge in [-0.1, -0.05) is 87.0 Å². The Balaban J connectivity index is 0.000000222. The molecule has 748 valence electrons. The van der Waals surface area contributed by atoms with Gasteiger partial charge in [-0.25, -0.2) is 57.8 Å². The molecule has 8 fully saturated rings. The first-order valence-corrected chi connectivity index (χ1v) is 49.6. The Labute approximate surface area is 762 Å². The number of nitrogen functional groups attached to an aromatic ring is 2. The standard InChI is InChI=1S/C25H37N5O17P2.C17H31N3O.C15H25O11P.C14H21N6O7P.C6H15N/c1-10-11(2)21(43-14(5)33)25(45-20(10)16(42-13(4)32)6-40-12(3)31)46-49(38,39)47-48(36,37)41-7-15-18(34)19(35)24(44-15)30-9-29-17-22(26)27-8-28-23(17)30;1-3-7-15(8-4-1)18-17(20-11-13-21-14-12-20)19-16-9-5-2-6-10-16;1-7-8(2)14(24-11(5)18)15(26-27(19,20)21)25-13(7)12(23-10(4)17)6-22-9(3)16;15-12-9-13(17-6-16-12)20(7-18-9)14-11(22)10(21)8(27-14)5-26-28(23,24)19-1-3-25-4-2-19;1-4-7(5-2)6-3/h8-11,15-16,18-21,24-25,34-35H,6-7H2,1-5H3,(H,36,37)(H,38,39)(H2,26,27,28);15-16H,1-14H2,(H,18,19);7-8,12-15H,6H2,1-5H3,(H2,19,20,21);6-8,10-11,14,21-22H,1-5H2,(H,23,24)(H2,15,16,17);4-6H2,1-3H3/t10-,11-,15+,16-,18-,19?,20?,21?,24+,25-;;7-,8-,12-,13?,14?,15-;8-,10+,11?,14-;/m0.01./s1. The van der Waals surface area contributed by atoms with Crippen LogP contribution in [0.3, 0.4) is 0 Å². The van der Waals surface area contributed by atoms with Gasteiger partial charge in [-0.15, -0.1) is 0 Å². The minimum atomic E-state index is -5.64. The fourth-order valence-electron chi connectivity index (χ4n) is 15.8. The Morgan fingerprint density at radius 2 is 0.939 bits per heavy atom. The number of hydrogen-bond acceptors (Lipinski definition) is 41. The van der Waals surface area contributed by atoms with Crippen LogP contribution in [-0.4, -0.2) is 337 Å². The van der Waals surface area contributed by atoms with Crippen LogP contribution >= 0.6 is 31.2 Å². The highest BCUT2D eigenvalue weighted by atomic mass is 31.3. The molecule has 0 bridgehead atoms. The van der Waals surface area contributed by atoms with Gasteiger partial charge < -0.3 is 128 Å². The number of carbonyl (C=O) groups excluding carboxylic acids is 6. The number of anilines is 2. The molecule has 2 saturated carbocycles. The lowest BCUT2D eigenvalue weighted by Crippen LogP contribution is -2.56. The molecule has 8 aliphatic rings. The number of esters is 6. The number of nitrogens with zero attached hydrogens (tertiary/aromatic N) is 12. The third kappa shape index (κ3) is 32.5. The lowest BCUT2D eigenvalue weighted by atomic mass is 9.81. The van der Waals surface area contributed by atoms with Crippen molar-refractivity contribution in [2.45, 2.75) is 265 Å². The second kappa shape index (κ2) is 51.3. The number of aromatic nitrogens is 8. The molecule has 9 unspecified atom stereocenters. The van der Waals surface area contributed by atoms with Crippen molar-refractivity contribution in [2.75, 3.05) is 110 Å². The number of imidazole rings is 2. The second-order valence-electron chi connectivity index (χ2n) is 32.5. The summed E-state index contributed by atoms with van der Waals surface area (Å²) in [6, 6.07) is 1.19. The summed E-state index contributed by atoms with van der Waals surface area (Å²) in [6.07, 6.45) is -2.90. The molecule has 4 aromatic rings. The number of morpholine rings is 2. The van der Waals surface area contributed by atoms with Gasteiger partial charge in [0.15, 0.2) is 65.8 Å². The molecule has 0 radical (unpaired) electrons. The summed E-state index contributed by atoms with van der Waals surface area (Å²) in [5.74, 6) is -5.12. The maximum Gasteiger partial charge on any atom is 0.483 e. The molecular weight excluding hydrogens is 1830 g/mol. The van der Waals surface area contributed by atoms with Crippen molar-refractivity contribution in [2.24, 2.45) is 28.7 Å². The lowest BCUT2D eigenvalue weighted by Gasteiger charge is -2.45. The molecule has 23 atom stereocenters. The Hall–Kier alpha value is -7.17. The number of fused-ring (bicyclic) bond motifs is 2. The molecule has 132 heavy (non-hydrogen) atoms. The SMILES string of the molecule is C1CCC(N=C(NC2CCCCC2)N2CCOCC2)CC1.CC(=O)OC[C@H](OC(C)=O)C1O[C@@H](OP(=O)(O)O)C(OC(C)=O)[C@@H](C)[C@@H]1C.CC(=O)OC[C@H](OC(C)=O)C1O[C@@H](OP(=O)(O)OP(=O)(O)OC[C@H]2O[C@@H](n3cnc4c(N)ncnc43)C(O)[C@H]2O)C(OC(C)=O)[C@@H](C)[C@@H]1C.CCN(CC)CC.Nc1ncnc2c1ncn2[C@@H]1O[C@H](COP(=O)(O)N2CCOCC2)[C@H](O)C1O. The van der Waals surface area contributed by atoms with Crippen molar-refractivity contribution < 1.29 is 171 Å². The number of aliphatic hydroxyl groups excluding tert-OH is 4. The van der Waals surface area contributed by atoms with Crippen LogP contribution in [0.25, 0.3) is 22.3 Å². The van der Waals surface area contributed by atoms with Gasteiger partial charge in [0.1, 0.15) is 85.7 Å².